The van der Waals surface area contributed by atoms with E-state index in [4.69, 9.17) is 4.74 Å². The molecule has 0 unspecified atom stereocenters. The molecule has 2 N–H and O–H groups in total. The van der Waals surface area contributed by atoms with E-state index in [1.807, 2.05) is 36.6 Å². The quantitative estimate of drug-likeness (QED) is 0.487. The van der Waals surface area contributed by atoms with Gasteiger partial charge in [0.1, 0.15) is 5.75 Å². The molecule has 0 aliphatic carbocycles. The zero-order valence-corrected chi connectivity index (χ0v) is 15.6. The third kappa shape index (κ3) is 4.92. The number of thiophene rings is 1. The first-order valence-corrected chi connectivity index (χ1v) is 9.34. The Balaban J connectivity index is 1.48. The van der Waals surface area contributed by atoms with Crippen LogP contribution in [-0.4, -0.2) is 31.2 Å². The van der Waals surface area contributed by atoms with Crippen LogP contribution in [0.2, 0.25) is 0 Å². The molecule has 0 fully saturated rings. The van der Waals surface area contributed by atoms with Gasteiger partial charge in [-0.3, -0.25) is 9.59 Å². The van der Waals surface area contributed by atoms with Crippen LogP contribution < -0.4 is 15.5 Å². The molecule has 0 saturated heterocycles. The summed E-state index contributed by atoms with van der Waals surface area (Å²) in [7, 11) is 0. The first-order chi connectivity index (χ1) is 13.2. The van der Waals surface area contributed by atoms with Crippen molar-refractivity contribution in [3.05, 3.63) is 65.0 Å². The van der Waals surface area contributed by atoms with Crippen LogP contribution in [0.1, 0.15) is 22.8 Å². The molecular weight excluding hydrogens is 362 g/mol. The molecule has 27 heavy (non-hydrogen) atoms. The average molecular weight is 381 g/mol. The van der Waals surface area contributed by atoms with Gasteiger partial charge in [-0.25, -0.2) is 5.43 Å². The monoisotopic (exact) mass is 381 g/mol. The number of rotatable bonds is 7. The maximum Gasteiger partial charge on any atom is 0.259 e. The Kier molecular flexibility index (Phi) is 6.17. The highest BCUT2D eigenvalue weighted by molar-refractivity contribution is 7.17. The minimum Gasteiger partial charge on any atom is -0.494 e. The fraction of sp³-hybridized carbons (Fsp3) is 0.150. The summed E-state index contributed by atoms with van der Waals surface area (Å²) >= 11 is 1.62. The van der Waals surface area contributed by atoms with Gasteiger partial charge in [-0.2, -0.15) is 5.10 Å². The van der Waals surface area contributed by atoms with E-state index in [9.17, 15) is 9.59 Å². The summed E-state index contributed by atoms with van der Waals surface area (Å²) in [5.74, 6) is -0.0341. The standard InChI is InChI=1S/C20H19N3O3S/c1-2-26-16-9-7-14(8-10-16)20(25)21-12-19(24)23-22-11-15-13-27-18-6-4-3-5-17(15)18/h3-11,13H,2,12H2,1H3,(H,21,25)(H,23,24). The second-order valence-electron chi connectivity index (χ2n) is 5.62. The fourth-order valence-electron chi connectivity index (χ4n) is 2.44. The summed E-state index contributed by atoms with van der Waals surface area (Å²) < 4.78 is 6.49. The Hall–Kier alpha value is -3.19. The molecule has 0 radical (unpaired) electrons. The number of fused-ring (bicyclic) bond motifs is 1. The fourth-order valence-corrected chi connectivity index (χ4v) is 3.36. The van der Waals surface area contributed by atoms with Crippen molar-refractivity contribution < 1.29 is 14.3 Å². The van der Waals surface area contributed by atoms with Gasteiger partial charge in [-0.15, -0.1) is 11.3 Å². The molecular formula is C20H19N3O3S. The molecule has 0 atom stereocenters. The summed E-state index contributed by atoms with van der Waals surface area (Å²) in [6.07, 6.45) is 1.60. The molecule has 6 nitrogen and oxygen atoms in total. The van der Waals surface area contributed by atoms with Crippen LogP contribution >= 0.6 is 11.3 Å². The largest absolute Gasteiger partial charge is 0.494 e. The molecule has 3 aromatic rings. The van der Waals surface area contributed by atoms with Gasteiger partial charge >= 0.3 is 0 Å². The molecule has 0 aliphatic rings. The van der Waals surface area contributed by atoms with Crippen LogP contribution in [0, 0.1) is 0 Å². The van der Waals surface area contributed by atoms with E-state index >= 15 is 0 Å². The normalized spacial score (nSPS) is 10.9. The van der Waals surface area contributed by atoms with E-state index in [1.54, 1.807) is 41.8 Å². The van der Waals surface area contributed by atoms with Crippen LogP contribution in [-0.2, 0) is 4.79 Å². The van der Waals surface area contributed by atoms with E-state index in [2.05, 4.69) is 15.8 Å². The van der Waals surface area contributed by atoms with Crippen LogP contribution in [0.3, 0.4) is 0 Å². The number of nitrogens with one attached hydrogen (secondary N) is 2. The summed E-state index contributed by atoms with van der Waals surface area (Å²) in [4.78, 5) is 23.9. The van der Waals surface area contributed by atoms with Crippen LogP contribution in [0.5, 0.6) is 5.75 Å². The lowest BCUT2D eigenvalue weighted by molar-refractivity contribution is -0.120. The summed E-state index contributed by atoms with van der Waals surface area (Å²) in [6, 6.07) is 14.7. The maximum atomic E-state index is 12.1. The predicted molar refractivity (Wildman–Crippen MR) is 108 cm³/mol. The molecule has 2 aromatic carbocycles. The highest BCUT2D eigenvalue weighted by Gasteiger charge is 2.08. The molecule has 7 heteroatoms. The smallest absolute Gasteiger partial charge is 0.259 e. The molecule has 2 amide bonds. The highest BCUT2D eigenvalue weighted by atomic mass is 32.1. The van der Waals surface area contributed by atoms with E-state index in [0.717, 1.165) is 15.6 Å². The van der Waals surface area contributed by atoms with Gasteiger partial charge in [0.2, 0.25) is 0 Å². The average Bonchev–Trinajstić information content (AvgIpc) is 3.10. The SMILES string of the molecule is CCOc1ccc(C(=O)NCC(=O)NN=Cc2csc3ccccc23)cc1. The molecule has 1 aromatic heterocycles. The number of amides is 2. The second-order valence-corrected chi connectivity index (χ2v) is 6.53. The Morgan fingerprint density at radius 2 is 1.93 bits per heavy atom. The van der Waals surface area contributed by atoms with E-state index < -0.39 is 5.91 Å². The Morgan fingerprint density at radius 3 is 2.70 bits per heavy atom. The number of hydrazone groups is 1. The lowest BCUT2D eigenvalue weighted by Crippen LogP contribution is -2.34. The van der Waals surface area contributed by atoms with Crippen molar-refractivity contribution in [1.29, 1.82) is 0 Å². The number of benzene rings is 2. The third-order valence-corrected chi connectivity index (χ3v) is 4.72. The molecule has 1 heterocycles. The zero-order chi connectivity index (χ0) is 19.1. The molecule has 0 saturated carbocycles. The van der Waals surface area contributed by atoms with Crippen molar-refractivity contribution in [2.75, 3.05) is 13.2 Å². The van der Waals surface area contributed by atoms with Gasteiger partial charge in [0.05, 0.1) is 19.4 Å². The predicted octanol–water partition coefficient (Wildman–Crippen LogP) is 3.18. The number of hydrogen-bond donors (Lipinski definition) is 2. The maximum absolute atomic E-state index is 12.1. The van der Waals surface area contributed by atoms with Crippen LogP contribution in [0.4, 0.5) is 0 Å². The number of carbonyl (C=O) groups is 2. The summed E-state index contributed by atoms with van der Waals surface area (Å²) in [5, 5.41) is 9.59. The third-order valence-electron chi connectivity index (χ3n) is 3.74. The van der Waals surface area contributed by atoms with Gasteiger partial charge < -0.3 is 10.1 Å². The number of ether oxygens (including phenoxy) is 1. The lowest BCUT2D eigenvalue weighted by Gasteiger charge is -2.06. The van der Waals surface area contributed by atoms with Crippen LogP contribution in [0.15, 0.2) is 59.0 Å². The zero-order valence-electron chi connectivity index (χ0n) is 14.8. The van der Waals surface area contributed by atoms with Gasteiger partial charge in [-0.1, -0.05) is 18.2 Å². The van der Waals surface area contributed by atoms with E-state index in [0.29, 0.717) is 17.9 Å². The van der Waals surface area contributed by atoms with Crippen LogP contribution in [0.25, 0.3) is 10.1 Å². The van der Waals surface area contributed by atoms with Crippen molar-refractivity contribution in [3.63, 3.8) is 0 Å². The van der Waals surface area contributed by atoms with E-state index in [-0.39, 0.29) is 12.5 Å². The number of carbonyl (C=O) groups excluding carboxylic acids is 2. The number of hydrogen-bond acceptors (Lipinski definition) is 5. The molecule has 0 bridgehead atoms. The second kappa shape index (κ2) is 8.95. The summed E-state index contributed by atoms with van der Waals surface area (Å²) in [5.41, 5.74) is 3.82. The molecule has 3 rings (SSSR count). The number of nitrogens with zero attached hydrogens (tertiary/aromatic N) is 1. The van der Waals surface area contributed by atoms with Crippen molar-refractivity contribution in [2.45, 2.75) is 6.92 Å². The molecule has 138 valence electrons. The minimum atomic E-state index is -0.398. The Morgan fingerprint density at radius 1 is 1.15 bits per heavy atom. The van der Waals surface area contributed by atoms with Crippen molar-refractivity contribution in [3.8, 4) is 5.75 Å². The Bertz CT molecular complexity index is 964. The van der Waals surface area contributed by atoms with Gasteiger partial charge in [0.25, 0.3) is 11.8 Å². The molecule has 0 spiro atoms. The summed E-state index contributed by atoms with van der Waals surface area (Å²) in [6.45, 7) is 2.30. The van der Waals surface area contributed by atoms with Gasteiger partial charge in [0, 0.05) is 26.6 Å². The topological polar surface area (TPSA) is 79.8 Å². The molecule has 0 aliphatic heterocycles. The first kappa shape index (κ1) is 18.6. The lowest BCUT2D eigenvalue weighted by atomic mass is 10.2. The van der Waals surface area contributed by atoms with Gasteiger partial charge in [-0.05, 0) is 37.3 Å². The van der Waals surface area contributed by atoms with Crippen molar-refractivity contribution >= 4 is 39.5 Å². The van der Waals surface area contributed by atoms with Crippen molar-refractivity contribution in [1.82, 2.24) is 10.7 Å². The highest BCUT2D eigenvalue weighted by Crippen LogP contribution is 2.24. The van der Waals surface area contributed by atoms with E-state index in [1.165, 1.54) is 0 Å². The Labute approximate surface area is 160 Å². The minimum absolute atomic E-state index is 0.159. The van der Waals surface area contributed by atoms with Gasteiger partial charge in [0.15, 0.2) is 0 Å². The van der Waals surface area contributed by atoms with Crippen molar-refractivity contribution in [2.24, 2.45) is 5.10 Å². The first-order valence-electron chi connectivity index (χ1n) is 8.46.